The molecule has 0 amide bonds. The van der Waals surface area contributed by atoms with Crippen molar-refractivity contribution in [2.45, 2.75) is 0 Å². The van der Waals surface area contributed by atoms with Gasteiger partial charge in [0.2, 0.25) is 0 Å². The van der Waals surface area contributed by atoms with Gasteiger partial charge < -0.3 is 4.74 Å². The van der Waals surface area contributed by atoms with Crippen molar-refractivity contribution in [3.63, 3.8) is 0 Å². The smallest absolute Gasteiger partial charge is 0.152 e. The molecule has 0 aliphatic rings. The molecule has 0 fully saturated rings. The van der Waals surface area contributed by atoms with Gasteiger partial charge in [-0.05, 0) is 35.4 Å². The van der Waals surface area contributed by atoms with E-state index in [9.17, 15) is 9.18 Å². The summed E-state index contributed by atoms with van der Waals surface area (Å²) in [4.78, 5) is 10.5. The molecule has 2 aromatic carbocycles. The average Bonchev–Trinajstić information content (AvgIpc) is 2.38. The zero-order valence-corrected chi connectivity index (χ0v) is 10.4. The molecule has 0 aromatic heterocycles. The third kappa shape index (κ3) is 2.36. The highest BCUT2D eigenvalue weighted by Crippen LogP contribution is 2.30. The van der Waals surface area contributed by atoms with Gasteiger partial charge in [-0.2, -0.15) is 0 Å². The second-order valence-electron chi connectivity index (χ2n) is 3.70. The molecule has 0 spiro atoms. The van der Waals surface area contributed by atoms with Crippen LogP contribution in [0.3, 0.4) is 0 Å². The first-order valence-electron chi connectivity index (χ1n) is 5.24. The highest BCUT2D eigenvalue weighted by Gasteiger charge is 2.07. The van der Waals surface area contributed by atoms with Gasteiger partial charge in [-0.1, -0.05) is 23.7 Å². The molecular weight excluding hydrogens is 255 g/mol. The van der Waals surface area contributed by atoms with Crippen LogP contribution < -0.4 is 4.74 Å². The lowest BCUT2D eigenvalue weighted by Crippen LogP contribution is -1.89. The van der Waals surface area contributed by atoms with Gasteiger partial charge >= 0.3 is 0 Å². The van der Waals surface area contributed by atoms with Crippen molar-refractivity contribution in [2.24, 2.45) is 0 Å². The van der Waals surface area contributed by atoms with Crippen molar-refractivity contribution in [1.82, 2.24) is 0 Å². The number of hydrogen-bond acceptors (Lipinski definition) is 2. The first kappa shape index (κ1) is 12.6. The Morgan fingerprint density at radius 2 is 1.83 bits per heavy atom. The highest BCUT2D eigenvalue weighted by atomic mass is 35.5. The summed E-state index contributed by atoms with van der Waals surface area (Å²) in [7, 11) is 1.53. The fraction of sp³-hybridized carbons (Fsp3) is 0.0714. The standard InChI is InChI=1S/C14H10ClFO2/c1-18-14-5-4-9(6-12(14)15)10-2-3-11(8-17)13(16)7-10/h2-8H,1H3. The summed E-state index contributed by atoms with van der Waals surface area (Å²) in [6, 6.07) is 9.60. The number of carbonyl (C=O) groups excluding carboxylic acids is 1. The van der Waals surface area contributed by atoms with Gasteiger partial charge in [-0.3, -0.25) is 4.79 Å². The summed E-state index contributed by atoms with van der Waals surface area (Å²) >= 11 is 6.00. The molecule has 0 unspecified atom stereocenters. The number of aldehydes is 1. The normalized spacial score (nSPS) is 10.2. The Kier molecular flexibility index (Phi) is 3.63. The van der Waals surface area contributed by atoms with Crippen LogP contribution in [0.15, 0.2) is 36.4 Å². The molecule has 0 N–H and O–H groups in total. The number of methoxy groups -OCH3 is 1. The predicted octanol–water partition coefficient (Wildman–Crippen LogP) is 3.97. The molecule has 2 aromatic rings. The topological polar surface area (TPSA) is 26.3 Å². The minimum atomic E-state index is -0.547. The molecule has 0 aliphatic heterocycles. The molecule has 0 saturated carbocycles. The maximum Gasteiger partial charge on any atom is 0.152 e. The van der Waals surface area contributed by atoms with Crippen LogP contribution in [0.5, 0.6) is 5.75 Å². The molecule has 0 aliphatic carbocycles. The second kappa shape index (κ2) is 5.19. The average molecular weight is 265 g/mol. The quantitative estimate of drug-likeness (QED) is 0.784. The van der Waals surface area contributed by atoms with E-state index in [4.69, 9.17) is 16.3 Å². The van der Waals surface area contributed by atoms with Gasteiger partial charge in [0.15, 0.2) is 6.29 Å². The van der Waals surface area contributed by atoms with E-state index in [0.717, 1.165) is 5.56 Å². The SMILES string of the molecule is COc1ccc(-c2ccc(C=O)c(F)c2)cc1Cl. The van der Waals surface area contributed by atoms with E-state index in [1.165, 1.54) is 19.2 Å². The molecule has 4 heteroatoms. The molecule has 0 radical (unpaired) electrons. The molecule has 18 heavy (non-hydrogen) atoms. The van der Waals surface area contributed by atoms with E-state index < -0.39 is 5.82 Å². The fourth-order valence-corrected chi connectivity index (χ4v) is 1.91. The monoisotopic (exact) mass is 264 g/mol. The van der Waals surface area contributed by atoms with Crippen molar-refractivity contribution >= 4 is 17.9 Å². The molecule has 0 atom stereocenters. The Morgan fingerprint density at radius 1 is 1.17 bits per heavy atom. The molecule has 92 valence electrons. The van der Waals surface area contributed by atoms with Crippen LogP contribution in [-0.2, 0) is 0 Å². The first-order chi connectivity index (χ1) is 8.65. The number of hydrogen-bond donors (Lipinski definition) is 0. The highest BCUT2D eigenvalue weighted by molar-refractivity contribution is 6.32. The minimum Gasteiger partial charge on any atom is -0.495 e. The Balaban J connectivity index is 2.45. The van der Waals surface area contributed by atoms with Gasteiger partial charge in [0, 0.05) is 0 Å². The van der Waals surface area contributed by atoms with Gasteiger partial charge in [0.05, 0.1) is 17.7 Å². The fourth-order valence-electron chi connectivity index (χ4n) is 1.65. The van der Waals surface area contributed by atoms with E-state index in [2.05, 4.69) is 0 Å². The maximum absolute atomic E-state index is 13.5. The van der Waals surface area contributed by atoms with Crippen LogP contribution >= 0.6 is 11.6 Å². The summed E-state index contributed by atoms with van der Waals surface area (Å²) in [6.07, 6.45) is 0.486. The van der Waals surface area contributed by atoms with Crippen LogP contribution in [0.1, 0.15) is 10.4 Å². The molecular formula is C14H10ClFO2. The van der Waals surface area contributed by atoms with E-state index in [1.54, 1.807) is 24.3 Å². The minimum absolute atomic E-state index is 0.0401. The van der Waals surface area contributed by atoms with Gasteiger partial charge in [0.1, 0.15) is 11.6 Å². The van der Waals surface area contributed by atoms with E-state index in [1.807, 2.05) is 0 Å². The van der Waals surface area contributed by atoms with Crippen molar-refractivity contribution in [2.75, 3.05) is 7.11 Å². The summed E-state index contributed by atoms with van der Waals surface area (Å²) < 4.78 is 18.5. The molecule has 2 nitrogen and oxygen atoms in total. The zero-order chi connectivity index (χ0) is 13.1. The number of halogens is 2. The molecule has 0 heterocycles. The van der Waals surface area contributed by atoms with E-state index in [0.29, 0.717) is 22.6 Å². The van der Waals surface area contributed by atoms with Gasteiger partial charge in [0.25, 0.3) is 0 Å². The van der Waals surface area contributed by atoms with Crippen molar-refractivity contribution < 1.29 is 13.9 Å². The number of rotatable bonds is 3. The summed E-state index contributed by atoms with van der Waals surface area (Å²) in [6.45, 7) is 0. The second-order valence-corrected chi connectivity index (χ2v) is 4.11. The lowest BCUT2D eigenvalue weighted by atomic mass is 10.0. The molecule has 2 rings (SSSR count). The Hall–Kier alpha value is -1.87. The first-order valence-corrected chi connectivity index (χ1v) is 5.62. The number of carbonyl (C=O) groups is 1. The van der Waals surface area contributed by atoms with Crippen LogP contribution in [0, 0.1) is 5.82 Å². The Bertz CT molecular complexity index is 596. The van der Waals surface area contributed by atoms with Crippen LogP contribution in [0.2, 0.25) is 5.02 Å². The van der Waals surface area contributed by atoms with Crippen molar-refractivity contribution in [3.8, 4) is 16.9 Å². The lowest BCUT2D eigenvalue weighted by Gasteiger charge is -2.07. The van der Waals surface area contributed by atoms with E-state index >= 15 is 0 Å². The van der Waals surface area contributed by atoms with Crippen molar-refractivity contribution in [1.29, 1.82) is 0 Å². The Morgan fingerprint density at radius 3 is 2.39 bits per heavy atom. The van der Waals surface area contributed by atoms with Crippen molar-refractivity contribution in [3.05, 3.63) is 52.8 Å². The maximum atomic E-state index is 13.5. The lowest BCUT2D eigenvalue weighted by molar-refractivity contribution is 0.112. The summed E-state index contributed by atoms with van der Waals surface area (Å²) in [5.41, 5.74) is 1.46. The largest absolute Gasteiger partial charge is 0.495 e. The number of benzene rings is 2. The van der Waals surface area contributed by atoms with Crippen LogP contribution in [0.25, 0.3) is 11.1 Å². The zero-order valence-electron chi connectivity index (χ0n) is 9.61. The predicted molar refractivity (Wildman–Crippen MR) is 68.8 cm³/mol. The van der Waals surface area contributed by atoms with Gasteiger partial charge in [-0.25, -0.2) is 4.39 Å². The Labute approximate surface area is 109 Å². The van der Waals surface area contributed by atoms with Crippen LogP contribution in [-0.4, -0.2) is 13.4 Å². The van der Waals surface area contributed by atoms with Crippen LogP contribution in [0.4, 0.5) is 4.39 Å². The number of ether oxygens (including phenoxy) is 1. The summed E-state index contributed by atoms with van der Waals surface area (Å²) in [5.74, 6) is 0.0137. The summed E-state index contributed by atoms with van der Waals surface area (Å²) in [5, 5.41) is 0.454. The third-order valence-corrected chi connectivity index (χ3v) is 2.91. The third-order valence-electron chi connectivity index (χ3n) is 2.61. The van der Waals surface area contributed by atoms with Gasteiger partial charge in [-0.15, -0.1) is 0 Å². The molecule has 0 bridgehead atoms. The molecule has 0 saturated heterocycles. The van der Waals surface area contributed by atoms with E-state index in [-0.39, 0.29) is 5.56 Å².